The van der Waals surface area contributed by atoms with Gasteiger partial charge in [-0.2, -0.15) is 0 Å². The van der Waals surface area contributed by atoms with E-state index >= 15 is 0 Å². The SMILES string of the molecule is CCC1CCC(NC(CC)(CC)CO)CC1. The summed E-state index contributed by atoms with van der Waals surface area (Å²) in [5, 5.41) is 13.3. The van der Waals surface area contributed by atoms with Gasteiger partial charge in [0.05, 0.1) is 6.61 Å². The van der Waals surface area contributed by atoms with Gasteiger partial charge in [-0.15, -0.1) is 0 Å². The summed E-state index contributed by atoms with van der Waals surface area (Å²) in [5.41, 5.74) is -0.0241. The summed E-state index contributed by atoms with van der Waals surface area (Å²) in [6.07, 6.45) is 8.69. The summed E-state index contributed by atoms with van der Waals surface area (Å²) in [6.45, 7) is 6.91. The lowest BCUT2D eigenvalue weighted by molar-refractivity contribution is 0.123. The number of nitrogens with one attached hydrogen (secondary N) is 1. The molecule has 0 atom stereocenters. The highest BCUT2D eigenvalue weighted by molar-refractivity contribution is 4.89. The molecule has 1 saturated carbocycles. The fourth-order valence-electron chi connectivity index (χ4n) is 2.87. The average Bonchev–Trinajstić information content (AvgIpc) is 2.37. The molecule has 0 spiro atoms. The molecule has 0 aromatic rings. The van der Waals surface area contributed by atoms with E-state index in [1.165, 1.54) is 32.1 Å². The molecule has 0 radical (unpaired) electrons. The zero-order valence-corrected chi connectivity index (χ0v) is 11.3. The van der Waals surface area contributed by atoms with Crippen molar-refractivity contribution < 1.29 is 5.11 Å². The van der Waals surface area contributed by atoms with Crippen LogP contribution in [-0.4, -0.2) is 23.3 Å². The molecule has 2 heteroatoms. The Morgan fingerprint density at radius 3 is 2.00 bits per heavy atom. The average molecular weight is 227 g/mol. The highest BCUT2D eigenvalue weighted by Crippen LogP contribution is 2.28. The first-order chi connectivity index (χ1) is 7.69. The predicted molar refractivity (Wildman–Crippen MR) is 69.6 cm³/mol. The lowest BCUT2D eigenvalue weighted by atomic mass is 9.82. The minimum Gasteiger partial charge on any atom is -0.394 e. The first-order valence-electron chi connectivity index (χ1n) is 7.08. The zero-order chi connectivity index (χ0) is 12.0. The van der Waals surface area contributed by atoms with Crippen LogP contribution in [0.3, 0.4) is 0 Å². The van der Waals surface area contributed by atoms with Crippen LogP contribution in [0, 0.1) is 5.92 Å². The van der Waals surface area contributed by atoms with Crippen LogP contribution < -0.4 is 5.32 Å². The monoisotopic (exact) mass is 227 g/mol. The molecule has 0 unspecified atom stereocenters. The second-order valence-electron chi connectivity index (χ2n) is 5.42. The molecule has 1 fully saturated rings. The van der Waals surface area contributed by atoms with E-state index in [-0.39, 0.29) is 12.1 Å². The van der Waals surface area contributed by atoms with Crippen molar-refractivity contribution in [2.24, 2.45) is 5.92 Å². The van der Waals surface area contributed by atoms with Gasteiger partial charge in [0.2, 0.25) is 0 Å². The van der Waals surface area contributed by atoms with E-state index in [9.17, 15) is 5.11 Å². The minimum atomic E-state index is -0.0241. The first kappa shape index (κ1) is 14.0. The Morgan fingerprint density at radius 2 is 1.62 bits per heavy atom. The van der Waals surface area contributed by atoms with Crippen molar-refractivity contribution >= 4 is 0 Å². The van der Waals surface area contributed by atoms with Crippen molar-refractivity contribution in [2.45, 2.75) is 77.3 Å². The second kappa shape index (κ2) is 6.61. The molecular weight excluding hydrogens is 198 g/mol. The second-order valence-corrected chi connectivity index (χ2v) is 5.42. The molecule has 0 aromatic carbocycles. The molecule has 1 rings (SSSR count). The molecule has 1 aliphatic carbocycles. The van der Waals surface area contributed by atoms with Crippen molar-refractivity contribution in [1.82, 2.24) is 5.32 Å². The molecule has 0 amide bonds. The third-order valence-electron chi connectivity index (χ3n) is 4.59. The summed E-state index contributed by atoms with van der Waals surface area (Å²) < 4.78 is 0. The normalized spacial score (nSPS) is 27.0. The van der Waals surface area contributed by atoms with Crippen LogP contribution in [0.4, 0.5) is 0 Å². The molecule has 0 aromatic heterocycles. The third-order valence-corrected chi connectivity index (χ3v) is 4.59. The van der Waals surface area contributed by atoms with E-state index in [0.29, 0.717) is 6.04 Å². The standard InChI is InChI=1S/C14H29NO/c1-4-12-7-9-13(10-8-12)15-14(5-2,6-3)11-16/h12-13,15-16H,4-11H2,1-3H3. The number of hydrogen-bond acceptors (Lipinski definition) is 2. The van der Waals surface area contributed by atoms with E-state index in [2.05, 4.69) is 26.1 Å². The summed E-state index contributed by atoms with van der Waals surface area (Å²) in [4.78, 5) is 0. The minimum absolute atomic E-state index is 0.0241. The van der Waals surface area contributed by atoms with E-state index in [0.717, 1.165) is 18.8 Å². The van der Waals surface area contributed by atoms with Gasteiger partial charge in [-0.3, -0.25) is 0 Å². The van der Waals surface area contributed by atoms with Gasteiger partial charge in [-0.05, 0) is 44.4 Å². The number of aliphatic hydroxyl groups excluding tert-OH is 1. The van der Waals surface area contributed by atoms with Gasteiger partial charge in [0, 0.05) is 11.6 Å². The van der Waals surface area contributed by atoms with Crippen LogP contribution in [0.2, 0.25) is 0 Å². The van der Waals surface area contributed by atoms with Crippen LogP contribution in [-0.2, 0) is 0 Å². The fourth-order valence-corrected chi connectivity index (χ4v) is 2.87. The van der Waals surface area contributed by atoms with Crippen molar-refractivity contribution in [2.75, 3.05) is 6.61 Å². The topological polar surface area (TPSA) is 32.3 Å². The van der Waals surface area contributed by atoms with E-state index in [1.54, 1.807) is 0 Å². The van der Waals surface area contributed by atoms with Crippen LogP contribution in [0.1, 0.15) is 65.7 Å². The van der Waals surface area contributed by atoms with Crippen molar-refractivity contribution in [3.8, 4) is 0 Å². The van der Waals surface area contributed by atoms with Gasteiger partial charge in [0.15, 0.2) is 0 Å². The molecule has 0 aliphatic heterocycles. The third kappa shape index (κ3) is 3.46. The van der Waals surface area contributed by atoms with E-state index in [1.807, 2.05) is 0 Å². The molecular formula is C14H29NO. The Bertz CT molecular complexity index is 173. The number of rotatable bonds is 6. The van der Waals surface area contributed by atoms with Gasteiger partial charge in [0.25, 0.3) is 0 Å². The highest BCUT2D eigenvalue weighted by Gasteiger charge is 2.29. The van der Waals surface area contributed by atoms with Crippen LogP contribution in [0.25, 0.3) is 0 Å². The quantitative estimate of drug-likeness (QED) is 0.731. The van der Waals surface area contributed by atoms with Crippen molar-refractivity contribution in [1.29, 1.82) is 0 Å². The summed E-state index contributed by atoms with van der Waals surface area (Å²) in [7, 11) is 0. The van der Waals surface area contributed by atoms with E-state index in [4.69, 9.17) is 0 Å². The van der Waals surface area contributed by atoms with E-state index < -0.39 is 0 Å². The highest BCUT2D eigenvalue weighted by atomic mass is 16.3. The molecule has 1 aliphatic rings. The molecule has 0 heterocycles. The molecule has 0 bridgehead atoms. The van der Waals surface area contributed by atoms with Crippen LogP contribution >= 0.6 is 0 Å². The largest absolute Gasteiger partial charge is 0.394 e. The van der Waals surface area contributed by atoms with Gasteiger partial charge < -0.3 is 10.4 Å². The van der Waals surface area contributed by atoms with Gasteiger partial charge in [0.1, 0.15) is 0 Å². The van der Waals surface area contributed by atoms with Crippen LogP contribution in [0.15, 0.2) is 0 Å². The van der Waals surface area contributed by atoms with Gasteiger partial charge in [-0.25, -0.2) is 0 Å². The zero-order valence-electron chi connectivity index (χ0n) is 11.3. The molecule has 2 N–H and O–H groups in total. The van der Waals surface area contributed by atoms with Crippen molar-refractivity contribution in [3.05, 3.63) is 0 Å². The first-order valence-corrected chi connectivity index (χ1v) is 7.08. The van der Waals surface area contributed by atoms with Gasteiger partial charge >= 0.3 is 0 Å². The number of hydrogen-bond donors (Lipinski definition) is 2. The maximum absolute atomic E-state index is 9.54. The van der Waals surface area contributed by atoms with Crippen LogP contribution in [0.5, 0.6) is 0 Å². The maximum atomic E-state index is 9.54. The molecule has 16 heavy (non-hydrogen) atoms. The lowest BCUT2D eigenvalue weighted by Crippen LogP contribution is -2.53. The molecule has 96 valence electrons. The lowest BCUT2D eigenvalue weighted by Gasteiger charge is -2.38. The Morgan fingerprint density at radius 1 is 1.06 bits per heavy atom. The van der Waals surface area contributed by atoms with Crippen molar-refractivity contribution in [3.63, 3.8) is 0 Å². The summed E-state index contributed by atoms with van der Waals surface area (Å²) >= 11 is 0. The summed E-state index contributed by atoms with van der Waals surface area (Å²) in [5.74, 6) is 0.949. The smallest absolute Gasteiger partial charge is 0.0613 e. The Kier molecular flexibility index (Phi) is 5.77. The Labute approximate surface area is 101 Å². The Hall–Kier alpha value is -0.0800. The number of aliphatic hydroxyl groups is 1. The fraction of sp³-hybridized carbons (Fsp3) is 1.00. The predicted octanol–water partition coefficient (Wildman–Crippen LogP) is 3.10. The molecule has 2 nitrogen and oxygen atoms in total. The summed E-state index contributed by atoms with van der Waals surface area (Å²) in [6, 6.07) is 0.634. The maximum Gasteiger partial charge on any atom is 0.0613 e. The Balaban J connectivity index is 2.42. The van der Waals surface area contributed by atoms with Gasteiger partial charge in [-0.1, -0.05) is 27.2 Å². The molecule has 0 saturated heterocycles.